The van der Waals surface area contributed by atoms with Crippen molar-refractivity contribution in [1.82, 2.24) is 0 Å². The van der Waals surface area contributed by atoms with Gasteiger partial charge in [-0.25, -0.2) is 9.59 Å². The fourth-order valence-corrected chi connectivity index (χ4v) is 3.12. The second-order valence-corrected chi connectivity index (χ2v) is 9.91. The van der Waals surface area contributed by atoms with Gasteiger partial charge in [0.15, 0.2) is 0 Å². The van der Waals surface area contributed by atoms with Crippen molar-refractivity contribution in [3.63, 3.8) is 0 Å². The number of benzene rings is 3. The van der Waals surface area contributed by atoms with Gasteiger partial charge in [0.25, 0.3) is 0 Å². The highest BCUT2D eigenvalue weighted by atomic mass is 16.5. The lowest BCUT2D eigenvalue weighted by atomic mass is 9.87. The van der Waals surface area contributed by atoms with Crippen molar-refractivity contribution >= 4 is 11.9 Å². The molecule has 0 radical (unpaired) electrons. The first kappa shape index (κ1) is 23.3. The van der Waals surface area contributed by atoms with E-state index in [0.717, 1.165) is 11.1 Å². The summed E-state index contributed by atoms with van der Waals surface area (Å²) in [5, 5.41) is 0. The summed E-state index contributed by atoms with van der Waals surface area (Å²) in [6.07, 6.45) is 0. The first-order valence-electron chi connectivity index (χ1n) is 10.7. The number of carbonyl (C=O) groups is 2. The molecule has 0 heterocycles. The van der Waals surface area contributed by atoms with E-state index in [1.165, 1.54) is 0 Å². The van der Waals surface area contributed by atoms with Crippen molar-refractivity contribution in [3.05, 3.63) is 95.1 Å². The van der Waals surface area contributed by atoms with Gasteiger partial charge < -0.3 is 9.47 Å². The molecule has 0 saturated heterocycles. The lowest BCUT2D eigenvalue weighted by Gasteiger charge is -2.19. The number of hydrogen-bond acceptors (Lipinski definition) is 4. The van der Waals surface area contributed by atoms with E-state index in [4.69, 9.17) is 9.47 Å². The second-order valence-electron chi connectivity index (χ2n) is 9.91. The van der Waals surface area contributed by atoms with Crippen LogP contribution in [0.25, 0.3) is 0 Å². The molecule has 4 heteroatoms. The van der Waals surface area contributed by atoms with Gasteiger partial charge in [-0.05, 0) is 70.5 Å². The number of hydrogen-bond donors (Lipinski definition) is 0. The Balaban J connectivity index is 1.61. The number of rotatable bonds is 4. The first-order valence-corrected chi connectivity index (χ1v) is 10.7. The maximum absolute atomic E-state index is 12.4. The van der Waals surface area contributed by atoms with E-state index in [0.29, 0.717) is 22.6 Å². The van der Waals surface area contributed by atoms with Crippen LogP contribution < -0.4 is 9.47 Å². The summed E-state index contributed by atoms with van der Waals surface area (Å²) >= 11 is 0. The minimum absolute atomic E-state index is 0.0182. The predicted octanol–water partition coefficient (Wildman–Crippen LogP) is 6.72. The van der Waals surface area contributed by atoms with Crippen molar-refractivity contribution in [3.8, 4) is 11.5 Å². The van der Waals surface area contributed by atoms with Gasteiger partial charge in [-0.1, -0.05) is 65.8 Å². The molecule has 0 saturated carbocycles. The average Bonchev–Trinajstić information content (AvgIpc) is 2.74. The van der Waals surface area contributed by atoms with Gasteiger partial charge in [0.05, 0.1) is 11.1 Å². The molecule has 0 aliphatic rings. The lowest BCUT2D eigenvalue weighted by Crippen LogP contribution is -2.13. The van der Waals surface area contributed by atoms with Crippen molar-refractivity contribution in [2.75, 3.05) is 0 Å². The van der Waals surface area contributed by atoms with Crippen LogP contribution in [0.1, 0.15) is 73.4 Å². The van der Waals surface area contributed by atoms with Crippen molar-refractivity contribution < 1.29 is 19.1 Å². The zero-order valence-electron chi connectivity index (χ0n) is 19.6. The Bertz CT molecular complexity index is 988. The molecule has 0 aromatic heterocycles. The van der Waals surface area contributed by atoms with E-state index >= 15 is 0 Å². The van der Waals surface area contributed by atoms with Crippen LogP contribution in [0.4, 0.5) is 0 Å². The normalized spacial score (nSPS) is 11.7. The molecule has 4 nitrogen and oxygen atoms in total. The lowest BCUT2D eigenvalue weighted by molar-refractivity contribution is 0.0719. The van der Waals surface area contributed by atoms with Crippen LogP contribution >= 0.6 is 0 Å². The van der Waals surface area contributed by atoms with Gasteiger partial charge in [-0.2, -0.15) is 0 Å². The van der Waals surface area contributed by atoms with Crippen molar-refractivity contribution in [1.29, 1.82) is 0 Å². The fraction of sp³-hybridized carbons (Fsp3) is 0.286. The van der Waals surface area contributed by atoms with Gasteiger partial charge in [-0.15, -0.1) is 0 Å². The average molecular weight is 431 g/mol. The molecule has 0 N–H and O–H groups in total. The highest BCUT2D eigenvalue weighted by Crippen LogP contribution is 2.25. The quantitative estimate of drug-likeness (QED) is 0.340. The molecule has 0 unspecified atom stereocenters. The van der Waals surface area contributed by atoms with Crippen LogP contribution in [0, 0.1) is 0 Å². The van der Waals surface area contributed by atoms with E-state index < -0.39 is 11.9 Å². The van der Waals surface area contributed by atoms with Crippen LogP contribution in [0.2, 0.25) is 0 Å². The highest BCUT2D eigenvalue weighted by Gasteiger charge is 2.17. The molecular formula is C28H30O4. The van der Waals surface area contributed by atoms with E-state index in [9.17, 15) is 9.59 Å². The Kier molecular flexibility index (Phi) is 6.54. The molecule has 0 spiro atoms. The third-order valence-electron chi connectivity index (χ3n) is 5.22. The molecule has 3 aromatic carbocycles. The molecule has 0 amide bonds. The van der Waals surface area contributed by atoms with Crippen molar-refractivity contribution in [2.45, 2.75) is 52.4 Å². The molecule has 0 atom stereocenters. The van der Waals surface area contributed by atoms with E-state index in [-0.39, 0.29) is 10.8 Å². The third kappa shape index (κ3) is 5.85. The summed E-state index contributed by atoms with van der Waals surface area (Å²) in [6.45, 7) is 12.7. The van der Waals surface area contributed by atoms with Crippen LogP contribution in [0.15, 0.2) is 72.8 Å². The van der Waals surface area contributed by atoms with Gasteiger partial charge in [-0.3, -0.25) is 0 Å². The standard InChI is InChI=1S/C28H30O4/c1-27(2,3)21-11-7-19(8-12-21)25(29)31-23-15-17-24(18-16-23)32-26(30)20-9-13-22(14-10-20)28(4,5)6/h7-18H,1-6H3. The Morgan fingerprint density at radius 2 is 0.781 bits per heavy atom. The molecule has 0 aliphatic heterocycles. The topological polar surface area (TPSA) is 52.6 Å². The Morgan fingerprint density at radius 3 is 1.03 bits per heavy atom. The second kappa shape index (κ2) is 8.99. The molecule has 0 aliphatic carbocycles. The van der Waals surface area contributed by atoms with E-state index in [1.807, 2.05) is 24.3 Å². The van der Waals surface area contributed by atoms with Crippen LogP contribution in [-0.2, 0) is 10.8 Å². The summed E-state index contributed by atoms with van der Waals surface area (Å²) in [6, 6.07) is 21.2. The molecule has 0 bridgehead atoms. The molecular weight excluding hydrogens is 400 g/mol. The first-order chi connectivity index (χ1) is 14.9. The maximum Gasteiger partial charge on any atom is 0.343 e. The van der Waals surface area contributed by atoms with Crippen LogP contribution in [0.3, 0.4) is 0 Å². The SMILES string of the molecule is CC(C)(C)c1ccc(C(=O)Oc2ccc(OC(=O)c3ccc(C(C)(C)C)cc3)cc2)cc1. The van der Waals surface area contributed by atoms with Gasteiger partial charge in [0, 0.05) is 0 Å². The van der Waals surface area contributed by atoms with E-state index in [1.54, 1.807) is 48.5 Å². The highest BCUT2D eigenvalue weighted by molar-refractivity contribution is 5.92. The minimum Gasteiger partial charge on any atom is -0.423 e. The largest absolute Gasteiger partial charge is 0.423 e. The fourth-order valence-electron chi connectivity index (χ4n) is 3.12. The Hall–Kier alpha value is -3.40. The van der Waals surface area contributed by atoms with Crippen LogP contribution in [0.5, 0.6) is 11.5 Å². The minimum atomic E-state index is -0.436. The summed E-state index contributed by atoms with van der Waals surface area (Å²) in [5.74, 6) is -0.114. The zero-order valence-corrected chi connectivity index (χ0v) is 19.6. The smallest absolute Gasteiger partial charge is 0.343 e. The number of ether oxygens (including phenoxy) is 2. The Labute approximate surface area is 190 Å². The number of esters is 2. The summed E-state index contributed by atoms with van der Waals surface area (Å²) in [5.41, 5.74) is 3.29. The number of carbonyl (C=O) groups excluding carboxylic acids is 2. The molecule has 3 rings (SSSR count). The summed E-state index contributed by atoms with van der Waals surface area (Å²) in [7, 11) is 0. The zero-order chi connectivity index (χ0) is 23.5. The van der Waals surface area contributed by atoms with Gasteiger partial charge in [0.1, 0.15) is 11.5 Å². The molecule has 0 fully saturated rings. The molecule has 3 aromatic rings. The molecule has 166 valence electrons. The van der Waals surface area contributed by atoms with Crippen molar-refractivity contribution in [2.24, 2.45) is 0 Å². The Morgan fingerprint density at radius 1 is 0.500 bits per heavy atom. The summed E-state index contributed by atoms with van der Waals surface area (Å²) < 4.78 is 10.9. The van der Waals surface area contributed by atoms with E-state index in [2.05, 4.69) is 41.5 Å². The molecule has 32 heavy (non-hydrogen) atoms. The van der Waals surface area contributed by atoms with Gasteiger partial charge >= 0.3 is 11.9 Å². The van der Waals surface area contributed by atoms with Crippen LogP contribution in [-0.4, -0.2) is 11.9 Å². The predicted molar refractivity (Wildman–Crippen MR) is 127 cm³/mol. The van der Waals surface area contributed by atoms with Gasteiger partial charge in [0.2, 0.25) is 0 Å². The maximum atomic E-state index is 12.4. The monoisotopic (exact) mass is 430 g/mol. The summed E-state index contributed by atoms with van der Waals surface area (Å²) in [4.78, 5) is 24.8. The third-order valence-corrected chi connectivity index (χ3v) is 5.22.